The van der Waals surface area contributed by atoms with E-state index < -0.39 is 5.82 Å². The van der Waals surface area contributed by atoms with Gasteiger partial charge in [0, 0.05) is 13.1 Å². The molecule has 0 bridgehead atoms. The van der Waals surface area contributed by atoms with Crippen molar-refractivity contribution in [3.8, 4) is 0 Å². The van der Waals surface area contributed by atoms with Gasteiger partial charge in [0.2, 0.25) is 0 Å². The zero-order valence-corrected chi connectivity index (χ0v) is 11.8. The Labute approximate surface area is 113 Å². The van der Waals surface area contributed by atoms with E-state index in [4.69, 9.17) is 0 Å². The van der Waals surface area contributed by atoms with Crippen LogP contribution in [0.1, 0.15) is 44.0 Å². The highest BCUT2D eigenvalue weighted by molar-refractivity contribution is 5.98. The van der Waals surface area contributed by atoms with Crippen molar-refractivity contribution in [2.45, 2.75) is 33.6 Å². The van der Waals surface area contributed by atoms with Crippen molar-refractivity contribution in [1.82, 2.24) is 10.3 Å². The molecule has 0 aliphatic heterocycles. The third kappa shape index (κ3) is 5.24. The van der Waals surface area contributed by atoms with Crippen molar-refractivity contribution in [2.75, 3.05) is 18.4 Å². The van der Waals surface area contributed by atoms with E-state index in [1.54, 1.807) is 0 Å². The minimum Gasteiger partial charge on any atom is -0.370 e. The highest BCUT2D eigenvalue weighted by Crippen LogP contribution is 2.13. The molecule has 1 aromatic heterocycles. The van der Waals surface area contributed by atoms with Crippen LogP contribution in [0.2, 0.25) is 0 Å². The first-order valence-corrected chi connectivity index (χ1v) is 6.72. The lowest BCUT2D eigenvalue weighted by molar-refractivity contribution is 0.0952. The Morgan fingerprint density at radius 3 is 2.84 bits per heavy atom. The first-order chi connectivity index (χ1) is 9.04. The molecule has 0 aliphatic rings. The van der Waals surface area contributed by atoms with Gasteiger partial charge in [0.15, 0.2) is 0 Å². The summed E-state index contributed by atoms with van der Waals surface area (Å²) in [5, 5.41) is 5.75. The van der Waals surface area contributed by atoms with E-state index in [9.17, 15) is 9.18 Å². The molecule has 0 saturated carbocycles. The third-order valence-electron chi connectivity index (χ3n) is 2.69. The van der Waals surface area contributed by atoms with Gasteiger partial charge in [-0.25, -0.2) is 9.37 Å². The first-order valence-electron chi connectivity index (χ1n) is 6.72. The fourth-order valence-electron chi connectivity index (χ4n) is 1.73. The van der Waals surface area contributed by atoms with Crippen LogP contribution in [0.3, 0.4) is 0 Å². The molecule has 0 aliphatic carbocycles. The van der Waals surface area contributed by atoms with Crippen molar-refractivity contribution < 1.29 is 9.18 Å². The largest absolute Gasteiger partial charge is 0.370 e. The maximum atomic E-state index is 13.2. The van der Waals surface area contributed by atoms with Crippen LogP contribution in [0.25, 0.3) is 0 Å². The average molecular weight is 267 g/mol. The summed E-state index contributed by atoms with van der Waals surface area (Å²) >= 11 is 0. The molecule has 0 aromatic carbocycles. The topological polar surface area (TPSA) is 54.0 Å². The quantitative estimate of drug-likeness (QED) is 0.747. The number of pyridine rings is 1. The van der Waals surface area contributed by atoms with Gasteiger partial charge in [-0.2, -0.15) is 0 Å². The number of hydrogen-bond acceptors (Lipinski definition) is 3. The number of rotatable bonds is 7. The summed E-state index contributed by atoms with van der Waals surface area (Å²) in [6.07, 6.45) is 3.08. The van der Waals surface area contributed by atoms with Gasteiger partial charge < -0.3 is 10.6 Å². The van der Waals surface area contributed by atoms with Gasteiger partial charge in [0.1, 0.15) is 11.6 Å². The van der Waals surface area contributed by atoms with E-state index in [-0.39, 0.29) is 11.5 Å². The van der Waals surface area contributed by atoms with Crippen LogP contribution in [0.15, 0.2) is 12.3 Å². The molecule has 1 amide bonds. The molecule has 0 fully saturated rings. The molecule has 1 heterocycles. The van der Waals surface area contributed by atoms with Crippen LogP contribution in [0.5, 0.6) is 0 Å². The predicted molar refractivity (Wildman–Crippen MR) is 74.8 cm³/mol. The number of halogens is 1. The summed E-state index contributed by atoms with van der Waals surface area (Å²) < 4.78 is 13.2. The number of carbonyl (C=O) groups excluding carboxylic acids is 1. The van der Waals surface area contributed by atoms with Gasteiger partial charge in [-0.15, -0.1) is 0 Å². The van der Waals surface area contributed by atoms with Crippen LogP contribution in [0.4, 0.5) is 10.2 Å². The Bertz CT molecular complexity index is 421. The molecule has 106 valence electrons. The lowest BCUT2D eigenvalue weighted by Crippen LogP contribution is -2.26. The summed E-state index contributed by atoms with van der Waals surface area (Å²) in [5.41, 5.74) is 0.256. The molecule has 0 spiro atoms. The fourth-order valence-corrected chi connectivity index (χ4v) is 1.73. The van der Waals surface area contributed by atoms with E-state index >= 15 is 0 Å². The van der Waals surface area contributed by atoms with E-state index in [1.165, 1.54) is 6.07 Å². The van der Waals surface area contributed by atoms with Crippen LogP contribution in [-0.2, 0) is 0 Å². The van der Waals surface area contributed by atoms with Gasteiger partial charge >= 0.3 is 0 Å². The Hall–Kier alpha value is -1.65. The number of anilines is 1. The zero-order valence-electron chi connectivity index (χ0n) is 11.8. The number of amides is 1. The average Bonchev–Trinajstić information content (AvgIpc) is 2.36. The smallest absolute Gasteiger partial charge is 0.255 e. The van der Waals surface area contributed by atoms with Crippen molar-refractivity contribution >= 4 is 11.7 Å². The van der Waals surface area contributed by atoms with Crippen LogP contribution >= 0.6 is 0 Å². The normalized spacial score (nSPS) is 10.6. The van der Waals surface area contributed by atoms with E-state index in [0.717, 1.165) is 19.0 Å². The van der Waals surface area contributed by atoms with E-state index in [2.05, 4.69) is 29.5 Å². The van der Waals surface area contributed by atoms with Crippen LogP contribution in [-0.4, -0.2) is 24.0 Å². The van der Waals surface area contributed by atoms with Gasteiger partial charge in [-0.05, 0) is 31.7 Å². The SMILES string of the molecule is CCNc1ncc(F)cc1C(=O)NCCCC(C)C. The summed E-state index contributed by atoms with van der Waals surface area (Å²) in [6.45, 7) is 7.41. The minimum atomic E-state index is -0.506. The molecule has 0 atom stereocenters. The number of nitrogens with one attached hydrogen (secondary N) is 2. The Morgan fingerprint density at radius 2 is 2.21 bits per heavy atom. The highest BCUT2D eigenvalue weighted by Gasteiger charge is 2.13. The molecule has 0 radical (unpaired) electrons. The molecule has 2 N–H and O–H groups in total. The second-order valence-corrected chi connectivity index (χ2v) is 4.87. The Kier molecular flexibility index (Phi) is 6.25. The van der Waals surface area contributed by atoms with Gasteiger partial charge in [0.25, 0.3) is 5.91 Å². The van der Waals surface area contributed by atoms with Crippen molar-refractivity contribution in [3.63, 3.8) is 0 Å². The summed E-state index contributed by atoms with van der Waals surface area (Å²) in [4.78, 5) is 15.9. The Balaban J connectivity index is 2.62. The molecule has 1 rings (SSSR count). The number of nitrogens with zero attached hydrogens (tertiary/aromatic N) is 1. The summed E-state index contributed by atoms with van der Waals surface area (Å²) in [6, 6.07) is 1.21. The van der Waals surface area contributed by atoms with E-state index in [1.807, 2.05) is 6.92 Å². The minimum absolute atomic E-state index is 0.256. The molecule has 19 heavy (non-hydrogen) atoms. The third-order valence-corrected chi connectivity index (χ3v) is 2.69. The zero-order chi connectivity index (χ0) is 14.3. The summed E-state index contributed by atoms with van der Waals surface area (Å²) in [5.74, 6) is 0.246. The highest BCUT2D eigenvalue weighted by atomic mass is 19.1. The van der Waals surface area contributed by atoms with Crippen LogP contribution in [0, 0.1) is 11.7 Å². The standard InChI is InChI=1S/C14H22FN3O/c1-4-16-13-12(8-11(15)9-18-13)14(19)17-7-5-6-10(2)3/h8-10H,4-7H2,1-3H3,(H,16,18)(H,17,19). The Morgan fingerprint density at radius 1 is 1.47 bits per heavy atom. The number of aromatic nitrogens is 1. The molecule has 1 aromatic rings. The lowest BCUT2D eigenvalue weighted by atomic mass is 10.1. The fraction of sp³-hybridized carbons (Fsp3) is 0.571. The van der Waals surface area contributed by atoms with Gasteiger partial charge in [0.05, 0.1) is 11.8 Å². The number of hydrogen-bond donors (Lipinski definition) is 2. The molecular weight excluding hydrogens is 245 g/mol. The maximum absolute atomic E-state index is 13.2. The van der Waals surface area contributed by atoms with Crippen molar-refractivity contribution in [2.24, 2.45) is 5.92 Å². The lowest BCUT2D eigenvalue weighted by Gasteiger charge is -2.10. The molecule has 4 nitrogen and oxygen atoms in total. The van der Waals surface area contributed by atoms with Crippen molar-refractivity contribution in [3.05, 3.63) is 23.6 Å². The molecular formula is C14H22FN3O. The predicted octanol–water partition coefficient (Wildman–Crippen LogP) is 2.82. The van der Waals surface area contributed by atoms with Crippen LogP contribution < -0.4 is 10.6 Å². The molecule has 5 heteroatoms. The monoisotopic (exact) mass is 267 g/mol. The molecule has 0 saturated heterocycles. The first kappa shape index (κ1) is 15.4. The second-order valence-electron chi connectivity index (χ2n) is 4.87. The van der Waals surface area contributed by atoms with Gasteiger partial charge in [-0.3, -0.25) is 4.79 Å². The van der Waals surface area contributed by atoms with E-state index in [0.29, 0.717) is 24.8 Å². The van der Waals surface area contributed by atoms with Crippen molar-refractivity contribution in [1.29, 1.82) is 0 Å². The maximum Gasteiger partial charge on any atom is 0.255 e. The summed E-state index contributed by atoms with van der Waals surface area (Å²) in [7, 11) is 0. The number of carbonyl (C=O) groups is 1. The second kappa shape index (κ2) is 7.71. The van der Waals surface area contributed by atoms with Gasteiger partial charge in [-0.1, -0.05) is 13.8 Å². The molecule has 0 unspecified atom stereocenters.